The second-order valence-electron chi connectivity index (χ2n) is 7.42. The van der Waals surface area contributed by atoms with Gasteiger partial charge in [0.2, 0.25) is 0 Å². The third-order valence-electron chi connectivity index (χ3n) is 4.86. The number of rotatable bonds is 9. The zero-order valence-electron chi connectivity index (χ0n) is 18.6. The maximum atomic E-state index is 13.0. The number of hydrogen-bond donors (Lipinski definition) is 2. The molecule has 0 heterocycles. The lowest BCUT2D eigenvalue weighted by Gasteiger charge is -2.15. The van der Waals surface area contributed by atoms with Gasteiger partial charge in [0, 0.05) is 5.70 Å². The van der Waals surface area contributed by atoms with Crippen molar-refractivity contribution in [3.63, 3.8) is 0 Å². The van der Waals surface area contributed by atoms with Crippen molar-refractivity contribution in [2.75, 3.05) is 17.7 Å². The van der Waals surface area contributed by atoms with Gasteiger partial charge in [-0.3, -0.25) is 5.41 Å². The molecule has 6 nitrogen and oxygen atoms in total. The maximum Gasteiger partial charge on any atom is 0.432 e. The summed E-state index contributed by atoms with van der Waals surface area (Å²) in [6.07, 6.45) is -4.25. The van der Waals surface area contributed by atoms with Crippen LogP contribution in [0.2, 0.25) is 5.02 Å². The zero-order chi connectivity index (χ0) is 26.3. The number of allylic oxidation sites excluding steroid dienone is 1. The van der Waals surface area contributed by atoms with Gasteiger partial charge in [-0.25, -0.2) is 13.2 Å². The minimum absolute atomic E-state index is 0.0684. The van der Waals surface area contributed by atoms with E-state index in [1.54, 1.807) is 42.5 Å². The highest BCUT2D eigenvalue weighted by Gasteiger charge is 2.33. The zero-order valence-corrected chi connectivity index (χ0v) is 20.1. The molecule has 0 unspecified atom stereocenters. The van der Waals surface area contributed by atoms with Gasteiger partial charge in [0.15, 0.2) is 9.84 Å². The minimum atomic E-state index is -4.86. The van der Waals surface area contributed by atoms with E-state index in [0.29, 0.717) is 11.8 Å². The van der Waals surface area contributed by atoms with Gasteiger partial charge < -0.3 is 10.1 Å². The molecule has 0 saturated carbocycles. The van der Waals surface area contributed by atoms with Gasteiger partial charge in [0.25, 0.3) is 0 Å². The molecule has 0 radical (unpaired) electrons. The first-order chi connectivity index (χ1) is 17.0. The topological polar surface area (TPSA) is 96.3 Å². The van der Waals surface area contributed by atoms with Crippen LogP contribution in [0.25, 0.3) is 5.70 Å². The molecule has 0 spiro atoms. The summed E-state index contributed by atoms with van der Waals surface area (Å²) in [6.45, 7) is -0.375. The van der Waals surface area contributed by atoms with Gasteiger partial charge >= 0.3 is 12.1 Å². The van der Waals surface area contributed by atoms with Gasteiger partial charge in [-0.05, 0) is 48.0 Å². The van der Waals surface area contributed by atoms with Crippen molar-refractivity contribution in [3.8, 4) is 0 Å². The highest BCUT2D eigenvalue weighted by Crippen LogP contribution is 2.27. The van der Waals surface area contributed by atoms with E-state index in [4.69, 9.17) is 21.7 Å². The Morgan fingerprint density at radius 1 is 0.944 bits per heavy atom. The molecule has 3 rings (SSSR count). The Morgan fingerprint density at radius 3 is 2.14 bits per heavy atom. The van der Waals surface area contributed by atoms with E-state index in [0.717, 1.165) is 0 Å². The Morgan fingerprint density at radius 2 is 1.53 bits per heavy atom. The van der Waals surface area contributed by atoms with Crippen LogP contribution in [0.1, 0.15) is 15.9 Å². The second-order valence-corrected chi connectivity index (χ2v) is 9.94. The number of nitrogens with one attached hydrogen (secondary N) is 2. The fraction of sp³-hybridized carbons (Fsp3) is 0.120. The minimum Gasteiger partial charge on any atom is -0.461 e. The van der Waals surface area contributed by atoms with Crippen LogP contribution < -0.4 is 5.32 Å². The van der Waals surface area contributed by atoms with Crippen molar-refractivity contribution >= 4 is 44.5 Å². The Labute approximate surface area is 210 Å². The van der Waals surface area contributed by atoms with E-state index < -0.39 is 33.4 Å². The summed E-state index contributed by atoms with van der Waals surface area (Å²) in [4.78, 5) is 12.5. The van der Waals surface area contributed by atoms with E-state index in [9.17, 15) is 26.4 Å². The van der Waals surface area contributed by atoms with Crippen LogP contribution in [-0.4, -0.2) is 38.6 Å². The third kappa shape index (κ3) is 7.19. The smallest absolute Gasteiger partial charge is 0.432 e. The molecule has 3 aromatic carbocycles. The van der Waals surface area contributed by atoms with Crippen LogP contribution in [0.15, 0.2) is 89.8 Å². The van der Waals surface area contributed by atoms with Crippen LogP contribution in [0.3, 0.4) is 0 Å². The van der Waals surface area contributed by atoms with Crippen LogP contribution >= 0.6 is 11.6 Å². The summed E-state index contributed by atoms with van der Waals surface area (Å²) in [6, 6.07) is 19.5. The standard InChI is InChI=1S/C25H20ClF3N2O4S/c26-20-8-4-5-9-21(20)31-22(16-23(30)25(27,28)29)17-10-12-18(13-11-17)24(32)35-14-15-36(33,34)19-6-2-1-3-7-19/h1-13,16,30-31H,14-15H2/b22-16-,30-23?. The number of halogens is 4. The molecule has 0 amide bonds. The fourth-order valence-electron chi connectivity index (χ4n) is 2.98. The van der Waals surface area contributed by atoms with Crippen LogP contribution in [0, 0.1) is 5.41 Å². The SMILES string of the molecule is N=C(/C=C(\Nc1ccccc1Cl)c1ccc(C(=O)OCCS(=O)(=O)c2ccccc2)cc1)C(F)(F)F. The Balaban J connectivity index is 1.74. The number of hydrogen-bond acceptors (Lipinski definition) is 6. The first-order valence-electron chi connectivity index (χ1n) is 10.4. The lowest BCUT2D eigenvalue weighted by molar-refractivity contribution is -0.0583. The Kier molecular flexibility index (Phi) is 8.54. The number of anilines is 1. The van der Waals surface area contributed by atoms with Crippen molar-refractivity contribution in [2.24, 2.45) is 0 Å². The summed E-state index contributed by atoms with van der Waals surface area (Å²) in [5.41, 5.74) is -1.02. The third-order valence-corrected chi connectivity index (χ3v) is 6.88. The molecule has 0 aliphatic heterocycles. The first kappa shape index (κ1) is 27.0. The number of esters is 1. The lowest BCUT2D eigenvalue weighted by atomic mass is 10.1. The number of benzene rings is 3. The molecule has 0 fully saturated rings. The molecule has 0 aromatic heterocycles. The van der Waals surface area contributed by atoms with Gasteiger partial charge in [0.1, 0.15) is 12.3 Å². The van der Waals surface area contributed by atoms with E-state index in [2.05, 4.69) is 5.32 Å². The summed E-state index contributed by atoms with van der Waals surface area (Å²) in [5.74, 6) is -1.20. The van der Waals surface area contributed by atoms with E-state index in [1.165, 1.54) is 36.4 Å². The molecule has 11 heteroatoms. The summed E-state index contributed by atoms with van der Waals surface area (Å²) in [5, 5.41) is 10.4. The van der Waals surface area contributed by atoms with Crippen LogP contribution in [0.5, 0.6) is 0 Å². The number of sulfone groups is 1. The van der Waals surface area contributed by atoms with Gasteiger partial charge in [0.05, 0.1) is 26.9 Å². The average Bonchev–Trinajstić information content (AvgIpc) is 2.84. The molecular formula is C25H20ClF3N2O4S. The molecule has 188 valence electrons. The molecular weight excluding hydrogens is 517 g/mol. The molecule has 3 aromatic rings. The van der Waals surface area contributed by atoms with E-state index >= 15 is 0 Å². The number of carbonyl (C=O) groups excluding carboxylic acids is 1. The molecule has 0 bridgehead atoms. The van der Waals surface area contributed by atoms with Crippen molar-refractivity contribution in [2.45, 2.75) is 11.1 Å². The summed E-state index contributed by atoms with van der Waals surface area (Å²) in [7, 11) is -3.63. The number of ether oxygens (including phenoxy) is 1. The van der Waals surface area contributed by atoms with Crippen LogP contribution in [0.4, 0.5) is 18.9 Å². The molecule has 0 saturated heterocycles. The van der Waals surface area contributed by atoms with Gasteiger partial charge in [-0.15, -0.1) is 0 Å². The second kappa shape index (κ2) is 11.4. The van der Waals surface area contributed by atoms with E-state index in [-0.39, 0.29) is 33.3 Å². The molecule has 0 aliphatic carbocycles. The Hall–Kier alpha value is -3.63. The van der Waals surface area contributed by atoms with Crippen molar-refractivity contribution in [1.82, 2.24) is 0 Å². The monoisotopic (exact) mass is 536 g/mol. The quantitative estimate of drug-likeness (QED) is 0.258. The van der Waals surface area contributed by atoms with Gasteiger partial charge in [-0.1, -0.05) is 54.1 Å². The highest BCUT2D eigenvalue weighted by molar-refractivity contribution is 7.91. The number of carbonyl (C=O) groups is 1. The number of alkyl halides is 3. The van der Waals surface area contributed by atoms with Crippen LogP contribution in [-0.2, 0) is 14.6 Å². The lowest BCUT2D eigenvalue weighted by Crippen LogP contribution is -2.20. The van der Waals surface area contributed by atoms with Gasteiger partial charge in [-0.2, -0.15) is 13.2 Å². The summed E-state index contributed by atoms with van der Waals surface area (Å²) < 4.78 is 68.6. The average molecular weight is 537 g/mol. The molecule has 0 atom stereocenters. The number of para-hydroxylation sites is 1. The molecule has 36 heavy (non-hydrogen) atoms. The molecule has 0 aliphatic rings. The summed E-state index contributed by atoms with van der Waals surface area (Å²) >= 11 is 6.10. The first-order valence-corrected chi connectivity index (χ1v) is 12.4. The Bertz CT molecular complexity index is 1370. The maximum absolute atomic E-state index is 13.0. The largest absolute Gasteiger partial charge is 0.461 e. The van der Waals surface area contributed by atoms with Crippen molar-refractivity contribution in [3.05, 3.63) is 101 Å². The highest BCUT2D eigenvalue weighted by atomic mass is 35.5. The normalized spacial score (nSPS) is 12.2. The van der Waals surface area contributed by atoms with Crippen molar-refractivity contribution < 1.29 is 31.1 Å². The predicted molar refractivity (Wildman–Crippen MR) is 132 cm³/mol. The molecule has 2 N–H and O–H groups in total. The van der Waals surface area contributed by atoms with Crippen molar-refractivity contribution in [1.29, 1.82) is 5.41 Å². The fourth-order valence-corrected chi connectivity index (χ4v) is 4.28. The van der Waals surface area contributed by atoms with E-state index in [1.807, 2.05) is 0 Å². The predicted octanol–water partition coefficient (Wildman–Crippen LogP) is 6.01.